The number of aliphatic carboxylic acids is 1. The van der Waals surface area contributed by atoms with Gasteiger partial charge in [0.1, 0.15) is 5.60 Å². The van der Waals surface area contributed by atoms with Crippen LogP contribution >= 0.6 is 0 Å². The van der Waals surface area contributed by atoms with Crippen molar-refractivity contribution < 1.29 is 19.4 Å². The highest BCUT2D eigenvalue weighted by Crippen LogP contribution is 2.17. The van der Waals surface area contributed by atoms with Gasteiger partial charge in [-0.25, -0.2) is 4.79 Å². The van der Waals surface area contributed by atoms with Gasteiger partial charge in [0.05, 0.1) is 5.92 Å². The Morgan fingerprint density at radius 2 is 1.74 bits per heavy atom. The van der Waals surface area contributed by atoms with E-state index in [1.807, 2.05) is 24.3 Å². The van der Waals surface area contributed by atoms with Crippen LogP contribution in [-0.2, 0) is 16.0 Å². The van der Waals surface area contributed by atoms with Gasteiger partial charge < -0.3 is 15.2 Å². The average molecular weight is 321 g/mol. The van der Waals surface area contributed by atoms with E-state index in [0.717, 1.165) is 5.56 Å². The minimum atomic E-state index is -0.936. The predicted molar refractivity (Wildman–Crippen MR) is 89.6 cm³/mol. The van der Waals surface area contributed by atoms with Gasteiger partial charge in [-0.3, -0.25) is 4.79 Å². The van der Waals surface area contributed by atoms with E-state index in [2.05, 4.69) is 19.2 Å². The van der Waals surface area contributed by atoms with Gasteiger partial charge in [0.15, 0.2) is 0 Å². The van der Waals surface area contributed by atoms with Gasteiger partial charge in [-0.1, -0.05) is 38.1 Å². The van der Waals surface area contributed by atoms with Crippen molar-refractivity contribution >= 4 is 12.1 Å². The number of hydrogen-bond donors (Lipinski definition) is 2. The second-order valence-corrected chi connectivity index (χ2v) is 7.02. The fourth-order valence-corrected chi connectivity index (χ4v) is 2.09. The first kappa shape index (κ1) is 19.0. The molecule has 1 amide bonds. The number of benzene rings is 1. The van der Waals surface area contributed by atoms with Gasteiger partial charge in [-0.2, -0.15) is 0 Å². The third-order valence-electron chi connectivity index (χ3n) is 3.37. The van der Waals surface area contributed by atoms with E-state index in [1.165, 1.54) is 5.56 Å². The van der Waals surface area contributed by atoms with Crippen LogP contribution in [0, 0.1) is 5.92 Å². The summed E-state index contributed by atoms with van der Waals surface area (Å²) in [6.07, 6.45) is -0.234. The Kier molecular flexibility index (Phi) is 6.61. The molecule has 0 fully saturated rings. The van der Waals surface area contributed by atoms with Crippen LogP contribution < -0.4 is 5.32 Å². The van der Waals surface area contributed by atoms with Crippen LogP contribution in [0.4, 0.5) is 4.79 Å². The van der Waals surface area contributed by atoms with Crippen molar-refractivity contribution in [3.05, 3.63) is 35.4 Å². The molecule has 5 nitrogen and oxygen atoms in total. The molecule has 1 aromatic carbocycles. The van der Waals surface area contributed by atoms with Gasteiger partial charge in [0, 0.05) is 6.54 Å². The molecule has 0 bridgehead atoms. The molecule has 128 valence electrons. The van der Waals surface area contributed by atoms with Crippen LogP contribution in [0.1, 0.15) is 51.7 Å². The lowest BCUT2D eigenvalue weighted by atomic mass is 9.96. The Morgan fingerprint density at radius 3 is 2.17 bits per heavy atom. The molecule has 5 heteroatoms. The monoisotopic (exact) mass is 321 g/mol. The van der Waals surface area contributed by atoms with Crippen LogP contribution in [-0.4, -0.2) is 29.3 Å². The molecule has 0 unspecified atom stereocenters. The summed E-state index contributed by atoms with van der Waals surface area (Å²) in [5, 5.41) is 11.9. The van der Waals surface area contributed by atoms with E-state index in [4.69, 9.17) is 4.74 Å². The zero-order valence-electron chi connectivity index (χ0n) is 14.6. The lowest BCUT2D eigenvalue weighted by Gasteiger charge is -2.21. The second-order valence-electron chi connectivity index (χ2n) is 7.02. The Balaban J connectivity index is 2.62. The highest BCUT2D eigenvalue weighted by atomic mass is 16.6. The molecule has 23 heavy (non-hydrogen) atoms. The first-order valence-corrected chi connectivity index (χ1v) is 7.87. The minimum Gasteiger partial charge on any atom is -0.481 e. The van der Waals surface area contributed by atoms with Crippen molar-refractivity contribution in [1.82, 2.24) is 5.32 Å². The molecule has 0 spiro atoms. The first-order valence-electron chi connectivity index (χ1n) is 7.87. The summed E-state index contributed by atoms with van der Waals surface area (Å²) in [4.78, 5) is 23.0. The predicted octanol–water partition coefficient (Wildman–Crippen LogP) is 3.58. The average Bonchev–Trinajstić information content (AvgIpc) is 2.41. The van der Waals surface area contributed by atoms with Crippen molar-refractivity contribution in [2.45, 2.75) is 52.6 Å². The zero-order chi connectivity index (χ0) is 17.6. The molecular weight excluding hydrogens is 294 g/mol. The molecule has 1 aromatic rings. The second kappa shape index (κ2) is 7.99. The summed E-state index contributed by atoms with van der Waals surface area (Å²) in [7, 11) is 0. The fourth-order valence-electron chi connectivity index (χ4n) is 2.09. The summed E-state index contributed by atoms with van der Waals surface area (Å²) in [6, 6.07) is 7.91. The van der Waals surface area contributed by atoms with Gasteiger partial charge in [0.25, 0.3) is 0 Å². The van der Waals surface area contributed by atoms with Gasteiger partial charge in [-0.05, 0) is 44.2 Å². The molecule has 0 aromatic heterocycles. The number of alkyl carbamates (subject to hydrolysis) is 1. The molecule has 0 heterocycles. The molecule has 2 N–H and O–H groups in total. The Hall–Kier alpha value is -2.04. The normalized spacial score (nSPS) is 12.8. The molecule has 0 aliphatic carbocycles. The number of nitrogens with one attached hydrogen (secondary N) is 1. The summed E-state index contributed by atoms with van der Waals surface area (Å²) >= 11 is 0. The lowest BCUT2D eigenvalue weighted by Crippen LogP contribution is -2.37. The summed E-state index contributed by atoms with van der Waals surface area (Å²) in [5.41, 5.74) is 1.55. The Labute approximate surface area is 138 Å². The van der Waals surface area contributed by atoms with Crippen molar-refractivity contribution in [2.75, 3.05) is 6.54 Å². The largest absolute Gasteiger partial charge is 0.481 e. The van der Waals surface area contributed by atoms with Crippen molar-refractivity contribution in [1.29, 1.82) is 0 Å². The third-order valence-corrected chi connectivity index (χ3v) is 3.37. The number of ether oxygens (including phenoxy) is 1. The highest BCUT2D eigenvalue weighted by Gasteiger charge is 2.21. The van der Waals surface area contributed by atoms with Crippen LogP contribution in [0.2, 0.25) is 0 Å². The van der Waals surface area contributed by atoms with Crippen LogP contribution in [0.25, 0.3) is 0 Å². The van der Waals surface area contributed by atoms with Crippen LogP contribution in [0.15, 0.2) is 24.3 Å². The number of rotatable bonds is 6. The molecular formula is C18H27NO4. The third kappa shape index (κ3) is 7.17. The SMILES string of the molecule is CC(C)c1ccc(C[C@H](CNC(=O)OC(C)(C)C)C(=O)O)cc1. The van der Waals surface area contributed by atoms with Crippen LogP contribution in [0.5, 0.6) is 0 Å². The Morgan fingerprint density at radius 1 is 1.17 bits per heavy atom. The number of carboxylic acid groups (broad SMARTS) is 1. The summed E-state index contributed by atoms with van der Waals surface area (Å²) < 4.78 is 5.12. The van der Waals surface area contributed by atoms with Crippen LogP contribution in [0.3, 0.4) is 0 Å². The molecule has 1 atom stereocenters. The minimum absolute atomic E-state index is 0.0379. The van der Waals surface area contributed by atoms with E-state index < -0.39 is 23.6 Å². The van der Waals surface area contributed by atoms with E-state index in [0.29, 0.717) is 12.3 Å². The van der Waals surface area contributed by atoms with Crippen molar-refractivity contribution in [3.8, 4) is 0 Å². The maximum absolute atomic E-state index is 11.6. The maximum atomic E-state index is 11.6. The van der Waals surface area contributed by atoms with Gasteiger partial charge >= 0.3 is 12.1 Å². The van der Waals surface area contributed by atoms with Gasteiger partial charge in [0.2, 0.25) is 0 Å². The fraction of sp³-hybridized carbons (Fsp3) is 0.556. The molecule has 0 saturated heterocycles. The van der Waals surface area contributed by atoms with E-state index in [9.17, 15) is 14.7 Å². The number of carbonyl (C=O) groups is 2. The Bertz CT molecular complexity index is 529. The molecule has 0 aliphatic rings. The summed E-state index contributed by atoms with van der Waals surface area (Å²) in [6.45, 7) is 9.54. The molecule has 0 saturated carbocycles. The number of carbonyl (C=O) groups excluding carboxylic acids is 1. The molecule has 0 radical (unpaired) electrons. The van der Waals surface area contributed by atoms with Crippen molar-refractivity contribution in [2.24, 2.45) is 5.92 Å². The number of amides is 1. The standard InChI is InChI=1S/C18H27NO4/c1-12(2)14-8-6-13(7-9-14)10-15(16(20)21)11-19-17(22)23-18(3,4)5/h6-9,12,15H,10-11H2,1-5H3,(H,19,22)(H,20,21)/t15-/m1/s1. The zero-order valence-corrected chi connectivity index (χ0v) is 14.6. The quantitative estimate of drug-likeness (QED) is 0.839. The number of hydrogen-bond acceptors (Lipinski definition) is 3. The van der Waals surface area contributed by atoms with Gasteiger partial charge in [-0.15, -0.1) is 0 Å². The summed E-state index contributed by atoms with van der Waals surface area (Å²) in [5.74, 6) is -1.19. The van der Waals surface area contributed by atoms with Crippen molar-refractivity contribution in [3.63, 3.8) is 0 Å². The topological polar surface area (TPSA) is 75.6 Å². The smallest absolute Gasteiger partial charge is 0.407 e. The van der Waals surface area contributed by atoms with E-state index in [-0.39, 0.29) is 6.54 Å². The maximum Gasteiger partial charge on any atom is 0.407 e. The lowest BCUT2D eigenvalue weighted by molar-refractivity contribution is -0.141. The highest BCUT2D eigenvalue weighted by molar-refractivity contribution is 5.73. The number of carboxylic acids is 1. The molecule has 0 aliphatic heterocycles. The molecule has 1 rings (SSSR count). The first-order chi connectivity index (χ1) is 10.6. The van der Waals surface area contributed by atoms with E-state index >= 15 is 0 Å². The van der Waals surface area contributed by atoms with E-state index in [1.54, 1.807) is 20.8 Å².